The van der Waals surface area contributed by atoms with Gasteiger partial charge in [0.2, 0.25) is 0 Å². The topological polar surface area (TPSA) is 102 Å². The van der Waals surface area contributed by atoms with Crippen molar-refractivity contribution in [1.82, 2.24) is 20.2 Å². The van der Waals surface area contributed by atoms with E-state index in [1.54, 1.807) is 24.3 Å². The minimum Gasteiger partial charge on any atom is -0.504 e. The quantitative estimate of drug-likeness (QED) is 0.338. The molecule has 8 nitrogen and oxygen atoms in total. The molecule has 0 fully saturated rings. The summed E-state index contributed by atoms with van der Waals surface area (Å²) in [4.78, 5) is 12.0. The van der Waals surface area contributed by atoms with Crippen LogP contribution in [0.15, 0.2) is 52.7 Å². The van der Waals surface area contributed by atoms with Crippen LogP contribution >= 0.6 is 23.4 Å². The Morgan fingerprint density at radius 1 is 1.31 bits per heavy atom. The summed E-state index contributed by atoms with van der Waals surface area (Å²) < 4.78 is 6.84. The fraction of sp³-hybridized carbons (Fsp3) is 0.158. The Bertz CT molecular complexity index is 1040. The van der Waals surface area contributed by atoms with Crippen LogP contribution in [0.25, 0.3) is 11.4 Å². The van der Waals surface area contributed by atoms with Gasteiger partial charge < -0.3 is 14.4 Å². The molecule has 150 valence electrons. The molecule has 0 saturated heterocycles. The smallest absolute Gasteiger partial charge is 0.250 e. The van der Waals surface area contributed by atoms with Crippen molar-refractivity contribution in [2.24, 2.45) is 12.1 Å². The second kappa shape index (κ2) is 9.44. The van der Waals surface area contributed by atoms with Gasteiger partial charge >= 0.3 is 0 Å². The Labute approximate surface area is 176 Å². The van der Waals surface area contributed by atoms with Crippen LogP contribution in [0, 0.1) is 0 Å². The molecule has 3 rings (SSSR count). The Morgan fingerprint density at radius 2 is 2.07 bits per heavy atom. The van der Waals surface area contributed by atoms with Crippen molar-refractivity contribution < 1.29 is 14.6 Å². The van der Waals surface area contributed by atoms with Gasteiger partial charge in [0.1, 0.15) is 0 Å². The highest BCUT2D eigenvalue weighted by Crippen LogP contribution is 2.26. The molecule has 0 aliphatic carbocycles. The Kier molecular flexibility index (Phi) is 6.73. The first-order valence-corrected chi connectivity index (χ1v) is 9.81. The molecule has 10 heteroatoms. The number of benzene rings is 2. The van der Waals surface area contributed by atoms with E-state index >= 15 is 0 Å². The lowest BCUT2D eigenvalue weighted by Gasteiger charge is -2.04. The summed E-state index contributed by atoms with van der Waals surface area (Å²) in [7, 11) is 3.29. The highest BCUT2D eigenvalue weighted by molar-refractivity contribution is 7.99. The van der Waals surface area contributed by atoms with Crippen LogP contribution < -0.4 is 10.2 Å². The van der Waals surface area contributed by atoms with Crippen LogP contribution in [0.3, 0.4) is 0 Å². The van der Waals surface area contributed by atoms with E-state index in [0.717, 1.165) is 5.56 Å². The molecular weight excluding hydrogens is 414 g/mol. The van der Waals surface area contributed by atoms with Gasteiger partial charge in [-0.3, -0.25) is 4.79 Å². The van der Waals surface area contributed by atoms with E-state index in [9.17, 15) is 9.90 Å². The Hall–Kier alpha value is -3.04. The zero-order valence-corrected chi connectivity index (χ0v) is 17.2. The standard InChI is InChI=1S/C19H18ClN5O3S/c1-25-18(13-4-6-14(20)7-5-13)23-24-19(25)29-11-17(27)22-21-10-12-3-8-15(26)16(9-12)28-2/h3-10,26H,11H2,1-2H3,(H,22,27)/b21-10+. The monoisotopic (exact) mass is 431 g/mol. The number of carbonyl (C=O) groups excluding carboxylic acids is 1. The third-order valence-corrected chi connectivity index (χ3v) is 5.15. The first-order chi connectivity index (χ1) is 14.0. The number of thioether (sulfide) groups is 1. The van der Waals surface area contributed by atoms with Crippen molar-refractivity contribution in [1.29, 1.82) is 0 Å². The maximum Gasteiger partial charge on any atom is 0.250 e. The van der Waals surface area contributed by atoms with E-state index in [-0.39, 0.29) is 17.4 Å². The molecule has 0 aliphatic rings. The van der Waals surface area contributed by atoms with Crippen LogP contribution in [0.2, 0.25) is 5.02 Å². The number of carbonyl (C=O) groups is 1. The number of rotatable bonds is 7. The molecule has 0 spiro atoms. The number of nitrogens with zero attached hydrogens (tertiary/aromatic N) is 4. The van der Waals surface area contributed by atoms with E-state index in [0.29, 0.717) is 27.3 Å². The van der Waals surface area contributed by atoms with Crippen molar-refractivity contribution in [3.8, 4) is 22.9 Å². The third-order valence-electron chi connectivity index (χ3n) is 3.88. The fourth-order valence-corrected chi connectivity index (χ4v) is 3.24. The van der Waals surface area contributed by atoms with Gasteiger partial charge in [-0.2, -0.15) is 5.10 Å². The maximum absolute atomic E-state index is 12.0. The molecule has 1 amide bonds. The van der Waals surface area contributed by atoms with Gasteiger partial charge in [0.25, 0.3) is 5.91 Å². The van der Waals surface area contributed by atoms with Crippen LogP contribution in [-0.2, 0) is 11.8 Å². The number of phenols is 1. The van der Waals surface area contributed by atoms with Gasteiger partial charge in [0.05, 0.1) is 19.1 Å². The van der Waals surface area contributed by atoms with Crippen LogP contribution in [0.5, 0.6) is 11.5 Å². The van der Waals surface area contributed by atoms with Crippen LogP contribution in [-0.4, -0.2) is 44.9 Å². The summed E-state index contributed by atoms with van der Waals surface area (Å²) in [5, 5.41) is 23.0. The summed E-state index contributed by atoms with van der Waals surface area (Å²) in [5.74, 6) is 0.890. The molecule has 3 aromatic rings. The molecule has 29 heavy (non-hydrogen) atoms. The lowest BCUT2D eigenvalue weighted by Crippen LogP contribution is -2.19. The predicted molar refractivity (Wildman–Crippen MR) is 113 cm³/mol. The lowest BCUT2D eigenvalue weighted by atomic mass is 10.2. The van der Waals surface area contributed by atoms with Crippen molar-refractivity contribution in [2.75, 3.05) is 12.9 Å². The zero-order valence-electron chi connectivity index (χ0n) is 15.7. The minimum absolute atomic E-state index is 0.0340. The van der Waals surface area contributed by atoms with E-state index < -0.39 is 0 Å². The van der Waals surface area contributed by atoms with Crippen LogP contribution in [0.4, 0.5) is 0 Å². The number of aromatic hydroxyl groups is 1. The number of methoxy groups -OCH3 is 1. The molecule has 0 saturated carbocycles. The average molecular weight is 432 g/mol. The number of nitrogens with one attached hydrogen (secondary N) is 1. The average Bonchev–Trinajstić information content (AvgIpc) is 3.08. The van der Waals surface area contributed by atoms with Gasteiger partial charge in [0, 0.05) is 17.6 Å². The summed E-state index contributed by atoms with van der Waals surface area (Å²) in [6.07, 6.45) is 1.46. The van der Waals surface area contributed by atoms with Gasteiger partial charge in [-0.25, -0.2) is 5.43 Å². The molecule has 0 radical (unpaired) electrons. The highest BCUT2D eigenvalue weighted by Gasteiger charge is 2.12. The summed E-state index contributed by atoms with van der Waals surface area (Å²) in [6, 6.07) is 12.0. The normalized spacial score (nSPS) is 11.0. The number of ether oxygens (including phenoxy) is 1. The van der Waals surface area contributed by atoms with Crippen LogP contribution in [0.1, 0.15) is 5.56 Å². The SMILES string of the molecule is COc1cc(/C=N/NC(=O)CSc2nnc(-c3ccc(Cl)cc3)n2C)ccc1O. The van der Waals surface area contributed by atoms with Crippen molar-refractivity contribution >= 4 is 35.5 Å². The number of aromatic nitrogens is 3. The summed E-state index contributed by atoms with van der Waals surface area (Å²) >= 11 is 7.16. The molecule has 2 N–H and O–H groups in total. The van der Waals surface area contributed by atoms with E-state index in [2.05, 4.69) is 20.7 Å². The number of hydrogen-bond acceptors (Lipinski definition) is 7. The molecule has 0 aliphatic heterocycles. The number of amides is 1. The van der Waals surface area contributed by atoms with Crippen molar-refractivity contribution in [3.63, 3.8) is 0 Å². The molecule has 1 aromatic heterocycles. The zero-order chi connectivity index (χ0) is 20.8. The molecule has 0 bridgehead atoms. The molecule has 0 unspecified atom stereocenters. The maximum atomic E-state index is 12.0. The summed E-state index contributed by atoms with van der Waals surface area (Å²) in [5.41, 5.74) is 4.01. The number of halogens is 1. The van der Waals surface area contributed by atoms with Gasteiger partial charge in [-0.15, -0.1) is 10.2 Å². The second-order valence-corrected chi connectivity index (χ2v) is 7.26. The molecular formula is C19H18ClN5O3S. The highest BCUT2D eigenvalue weighted by atomic mass is 35.5. The minimum atomic E-state index is -0.284. The van der Waals surface area contributed by atoms with E-state index in [4.69, 9.17) is 16.3 Å². The van der Waals surface area contributed by atoms with Gasteiger partial charge in [-0.1, -0.05) is 23.4 Å². The molecule has 1 heterocycles. The predicted octanol–water partition coefficient (Wildman–Crippen LogP) is 3.09. The van der Waals surface area contributed by atoms with E-state index in [1.165, 1.54) is 31.2 Å². The number of phenolic OH excluding ortho intramolecular Hbond substituents is 1. The van der Waals surface area contributed by atoms with Crippen molar-refractivity contribution in [2.45, 2.75) is 5.16 Å². The van der Waals surface area contributed by atoms with Crippen molar-refractivity contribution in [3.05, 3.63) is 53.1 Å². The van der Waals surface area contributed by atoms with Gasteiger partial charge in [-0.05, 0) is 48.0 Å². The second-order valence-electron chi connectivity index (χ2n) is 5.89. The Balaban J connectivity index is 1.55. The molecule has 0 atom stereocenters. The first kappa shape index (κ1) is 20.7. The fourth-order valence-electron chi connectivity index (χ4n) is 2.41. The lowest BCUT2D eigenvalue weighted by molar-refractivity contribution is -0.118. The Morgan fingerprint density at radius 3 is 2.79 bits per heavy atom. The third kappa shape index (κ3) is 5.27. The number of hydrazone groups is 1. The van der Waals surface area contributed by atoms with E-state index in [1.807, 2.05) is 23.7 Å². The largest absolute Gasteiger partial charge is 0.504 e. The summed E-state index contributed by atoms with van der Waals surface area (Å²) in [6.45, 7) is 0. The van der Waals surface area contributed by atoms with Gasteiger partial charge in [0.15, 0.2) is 22.5 Å². The number of hydrogen-bond donors (Lipinski definition) is 2. The first-order valence-electron chi connectivity index (χ1n) is 8.45. The molecule has 2 aromatic carbocycles.